The maximum atomic E-state index is 12.6. The summed E-state index contributed by atoms with van der Waals surface area (Å²) in [5.41, 5.74) is 3.64. The van der Waals surface area contributed by atoms with Gasteiger partial charge in [0.05, 0.1) is 0 Å². The van der Waals surface area contributed by atoms with Gasteiger partial charge in [0, 0.05) is 43.8 Å². The van der Waals surface area contributed by atoms with Gasteiger partial charge in [0.15, 0.2) is 0 Å². The topological polar surface area (TPSA) is 35.6 Å². The molecule has 0 spiro atoms. The summed E-state index contributed by atoms with van der Waals surface area (Å²) < 4.78 is 0. The first kappa shape index (κ1) is 18.3. The van der Waals surface area contributed by atoms with Gasteiger partial charge >= 0.3 is 6.03 Å². The third-order valence-electron chi connectivity index (χ3n) is 5.20. The third kappa shape index (κ3) is 4.37. The molecule has 0 radical (unpaired) electrons. The lowest BCUT2D eigenvalue weighted by molar-refractivity contribution is 0.192. The summed E-state index contributed by atoms with van der Waals surface area (Å²) in [7, 11) is 0. The molecule has 138 valence electrons. The standard InChI is InChI=1S/C22H29N3O/c1-18-9-11-19(12-10-18)22(2,3)17-23-21(26)25-15-13-24(14-16-25)20-7-5-4-6-8-20/h4-12H,13-17H2,1-3H3,(H,23,26). The first-order valence-electron chi connectivity index (χ1n) is 9.36. The molecular weight excluding hydrogens is 322 g/mol. The number of piperazine rings is 1. The van der Waals surface area contributed by atoms with E-state index < -0.39 is 0 Å². The van der Waals surface area contributed by atoms with E-state index in [9.17, 15) is 4.79 Å². The van der Waals surface area contributed by atoms with Gasteiger partial charge in [-0.2, -0.15) is 0 Å². The highest BCUT2D eigenvalue weighted by Gasteiger charge is 2.25. The highest BCUT2D eigenvalue weighted by Crippen LogP contribution is 2.23. The van der Waals surface area contributed by atoms with Crippen molar-refractivity contribution in [3.05, 3.63) is 65.7 Å². The monoisotopic (exact) mass is 351 g/mol. The summed E-state index contributed by atoms with van der Waals surface area (Å²) in [5.74, 6) is 0. The van der Waals surface area contributed by atoms with Crippen molar-refractivity contribution in [3.63, 3.8) is 0 Å². The van der Waals surface area contributed by atoms with Gasteiger partial charge in [0.25, 0.3) is 0 Å². The van der Waals surface area contributed by atoms with Gasteiger partial charge < -0.3 is 15.1 Å². The van der Waals surface area contributed by atoms with Crippen LogP contribution in [0.25, 0.3) is 0 Å². The predicted octanol–water partition coefficient (Wildman–Crippen LogP) is 3.80. The first-order chi connectivity index (χ1) is 12.5. The van der Waals surface area contributed by atoms with Crippen LogP contribution in [0.4, 0.5) is 10.5 Å². The van der Waals surface area contributed by atoms with Crippen LogP contribution in [-0.2, 0) is 5.41 Å². The number of anilines is 1. The van der Waals surface area contributed by atoms with Crippen LogP contribution in [0, 0.1) is 6.92 Å². The van der Waals surface area contributed by atoms with E-state index in [4.69, 9.17) is 0 Å². The molecular formula is C22H29N3O. The average molecular weight is 351 g/mol. The molecule has 1 aliphatic heterocycles. The van der Waals surface area contributed by atoms with E-state index in [1.54, 1.807) is 0 Å². The minimum absolute atomic E-state index is 0.0397. The van der Waals surface area contributed by atoms with Crippen LogP contribution in [0.3, 0.4) is 0 Å². The Balaban J connectivity index is 1.50. The van der Waals surface area contributed by atoms with Crippen molar-refractivity contribution < 1.29 is 4.79 Å². The SMILES string of the molecule is Cc1ccc(C(C)(C)CNC(=O)N2CCN(c3ccccc3)CC2)cc1. The number of urea groups is 1. The lowest BCUT2D eigenvalue weighted by Crippen LogP contribution is -2.53. The summed E-state index contributed by atoms with van der Waals surface area (Å²) in [5, 5.41) is 3.13. The van der Waals surface area contributed by atoms with E-state index in [-0.39, 0.29) is 11.4 Å². The number of hydrogen-bond donors (Lipinski definition) is 1. The molecule has 4 nitrogen and oxygen atoms in total. The molecule has 1 heterocycles. The molecule has 0 atom stereocenters. The third-order valence-corrected chi connectivity index (χ3v) is 5.20. The van der Waals surface area contributed by atoms with Gasteiger partial charge in [0.1, 0.15) is 0 Å². The molecule has 1 N–H and O–H groups in total. The van der Waals surface area contributed by atoms with Gasteiger partial charge in [-0.1, -0.05) is 61.9 Å². The van der Waals surface area contributed by atoms with E-state index in [0.29, 0.717) is 6.54 Å². The second-order valence-corrected chi connectivity index (χ2v) is 7.72. The van der Waals surface area contributed by atoms with E-state index in [1.165, 1.54) is 16.8 Å². The number of benzene rings is 2. The van der Waals surface area contributed by atoms with Crippen molar-refractivity contribution >= 4 is 11.7 Å². The number of nitrogens with zero attached hydrogens (tertiary/aromatic N) is 2. The number of carbonyl (C=O) groups excluding carboxylic acids is 1. The molecule has 0 aliphatic carbocycles. The van der Waals surface area contributed by atoms with Gasteiger partial charge in [-0.05, 0) is 24.6 Å². The van der Waals surface area contributed by atoms with Crippen molar-refractivity contribution in [2.75, 3.05) is 37.6 Å². The van der Waals surface area contributed by atoms with Gasteiger partial charge in [0.2, 0.25) is 0 Å². The van der Waals surface area contributed by atoms with Crippen molar-refractivity contribution in [2.45, 2.75) is 26.2 Å². The predicted molar refractivity (Wildman–Crippen MR) is 108 cm³/mol. The Hall–Kier alpha value is -2.49. The molecule has 0 saturated carbocycles. The molecule has 26 heavy (non-hydrogen) atoms. The Kier molecular flexibility index (Phi) is 5.50. The number of hydrogen-bond acceptors (Lipinski definition) is 2. The zero-order valence-corrected chi connectivity index (χ0v) is 16.0. The minimum atomic E-state index is -0.0881. The molecule has 2 amide bonds. The fraction of sp³-hybridized carbons (Fsp3) is 0.409. The van der Waals surface area contributed by atoms with Crippen molar-refractivity contribution in [1.82, 2.24) is 10.2 Å². The zero-order valence-electron chi connectivity index (χ0n) is 16.0. The molecule has 1 fully saturated rings. The van der Waals surface area contributed by atoms with Gasteiger partial charge in [-0.25, -0.2) is 4.79 Å². The van der Waals surface area contributed by atoms with Gasteiger partial charge in [-0.15, -0.1) is 0 Å². The highest BCUT2D eigenvalue weighted by atomic mass is 16.2. The van der Waals surface area contributed by atoms with Gasteiger partial charge in [-0.3, -0.25) is 0 Å². The van der Waals surface area contributed by atoms with E-state index in [0.717, 1.165) is 26.2 Å². The number of amides is 2. The van der Waals surface area contributed by atoms with Crippen molar-refractivity contribution in [2.24, 2.45) is 0 Å². The van der Waals surface area contributed by atoms with Crippen molar-refractivity contribution in [3.8, 4) is 0 Å². The minimum Gasteiger partial charge on any atom is -0.368 e. The Morgan fingerprint density at radius 3 is 2.19 bits per heavy atom. The number of nitrogens with one attached hydrogen (secondary N) is 1. The van der Waals surface area contributed by atoms with Crippen molar-refractivity contribution in [1.29, 1.82) is 0 Å². The molecule has 2 aromatic carbocycles. The first-order valence-corrected chi connectivity index (χ1v) is 9.36. The van der Waals surface area contributed by atoms with Crippen LogP contribution in [0.5, 0.6) is 0 Å². The summed E-state index contributed by atoms with van der Waals surface area (Å²) in [6.07, 6.45) is 0. The number of aryl methyl sites for hydroxylation is 1. The van der Waals surface area contributed by atoms with Crippen LogP contribution < -0.4 is 10.2 Å². The van der Waals surface area contributed by atoms with E-state index in [1.807, 2.05) is 11.0 Å². The van der Waals surface area contributed by atoms with Crippen LogP contribution in [0.2, 0.25) is 0 Å². The molecule has 0 unspecified atom stereocenters. The smallest absolute Gasteiger partial charge is 0.317 e. The molecule has 2 aromatic rings. The lowest BCUT2D eigenvalue weighted by atomic mass is 9.84. The molecule has 1 aliphatic rings. The molecule has 0 aromatic heterocycles. The molecule has 1 saturated heterocycles. The largest absolute Gasteiger partial charge is 0.368 e. The fourth-order valence-electron chi connectivity index (χ4n) is 3.32. The van der Waals surface area contributed by atoms with Crippen LogP contribution in [-0.4, -0.2) is 43.7 Å². The zero-order chi connectivity index (χ0) is 18.6. The second-order valence-electron chi connectivity index (χ2n) is 7.72. The fourth-order valence-corrected chi connectivity index (χ4v) is 3.32. The van der Waals surface area contributed by atoms with Crippen LogP contribution in [0.1, 0.15) is 25.0 Å². The Bertz CT molecular complexity index is 717. The van der Waals surface area contributed by atoms with Crippen LogP contribution >= 0.6 is 0 Å². The summed E-state index contributed by atoms with van der Waals surface area (Å²) in [6.45, 7) is 10.3. The Morgan fingerprint density at radius 1 is 0.962 bits per heavy atom. The van der Waals surface area contributed by atoms with E-state index >= 15 is 0 Å². The lowest BCUT2D eigenvalue weighted by Gasteiger charge is -2.36. The number of carbonyl (C=O) groups is 1. The second kappa shape index (κ2) is 7.81. The summed E-state index contributed by atoms with van der Waals surface area (Å²) in [4.78, 5) is 16.8. The molecule has 0 bridgehead atoms. The summed E-state index contributed by atoms with van der Waals surface area (Å²) >= 11 is 0. The quantitative estimate of drug-likeness (QED) is 0.909. The number of rotatable bonds is 4. The maximum absolute atomic E-state index is 12.6. The normalized spacial score (nSPS) is 15.0. The average Bonchev–Trinajstić information content (AvgIpc) is 2.67. The van der Waals surface area contributed by atoms with E-state index in [2.05, 4.69) is 79.5 Å². The molecule has 4 heteroatoms. The Morgan fingerprint density at radius 2 is 1.58 bits per heavy atom. The highest BCUT2D eigenvalue weighted by molar-refractivity contribution is 5.74. The van der Waals surface area contributed by atoms with Crippen LogP contribution in [0.15, 0.2) is 54.6 Å². The maximum Gasteiger partial charge on any atom is 0.317 e. The molecule has 3 rings (SSSR count). The Labute approximate surface area is 156 Å². The summed E-state index contributed by atoms with van der Waals surface area (Å²) in [6, 6.07) is 19.0. The number of para-hydroxylation sites is 1.